The van der Waals surface area contributed by atoms with Gasteiger partial charge in [-0.05, 0) is 12.1 Å². The molecule has 0 aliphatic carbocycles. The summed E-state index contributed by atoms with van der Waals surface area (Å²) in [5.41, 5.74) is 0. The molecule has 0 fully saturated rings. The van der Waals surface area contributed by atoms with Gasteiger partial charge in [-0.1, -0.05) is 18.2 Å². The zero-order chi connectivity index (χ0) is 9.73. The van der Waals surface area contributed by atoms with E-state index >= 15 is 0 Å². The monoisotopic (exact) mass is 202 g/mol. The van der Waals surface area contributed by atoms with Crippen LogP contribution in [0.5, 0.6) is 5.75 Å². The minimum Gasteiger partial charge on any atom is -0.395 e. The highest BCUT2D eigenvalue weighted by Gasteiger charge is 2.10. The summed E-state index contributed by atoms with van der Waals surface area (Å²) < 4.78 is 26.7. The largest absolute Gasteiger partial charge is 0.395 e. The third-order valence-electron chi connectivity index (χ3n) is 1.31. The van der Waals surface area contributed by atoms with E-state index in [1.54, 1.807) is 18.2 Å². The third kappa shape index (κ3) is 3.43. The SMILES string of the molecule is O=S(=O)(CCO)Oc1ccccc1. The lowest BCUT2D eigenvalue weighted by Gasteiger charge is -2.04. The van der Waals surface area contributed by atoms with Crippen molar-refractivity contribution in [3.63, 3.8) is 0 Å². The highest BCUT2D eigenvalue weighted by molar-refractivity contribution is 7.87. The van der Waals surface area contributed by atoms with Crippen molar-refractivity contribution in [2.45, 2.75) is 0 Å². The summed E-state index contributed by atoms with van der Waals surface area (Å²) in [7, 11) is -3.63. The summed E-state index contributed by atoms with van der Waals surface area (Å²) in [5.74, 6) is -0.127. The smallest absolute Gasteiger partial charge is 0.311 e. The van der Waals surface area contributed by atoms with E-state index in [1.165, 1.54) is 12.1 Å². The topological polar surface area (TPSA) is 63.6 Å². The molecule has 1 N–H and O–H groups in total. The van der Waals surface area contributed by atoms with Gasteiger partial charge in [0.25, 0.3) is 0 Å². The van der Waals surface area contributed by atoms with E-state index in [1.807, 2.05) is 0 Å². The van der Waals surface area contributed by atoms with Gasteiger partial charge in [0.1, 0.15) is 11.5 Å². The highest BCUT2D eigenvalue weighted by atomic mass is 32.2. The maximum absolute atomic E-state index is 11.0. The molecule has 0 amide bonds. The molecule has 0 aliphatic rings. The van der Waals surface area contributed by atoms with E-state index in [-0.39, 0.29) is 11.5 Å². The number of aliphatic hydroxyl groups excluding tert-OH is 1. The second-order valence-corrected chi connectivity index (χ2v) is 4.07. The molecule has 0 radical (unpaired) electrons. The number of benzene rings is 1. The molecule has 1 aromatic rings. The van der Waals surface area contributed by atoms with Gasteiger partial charge < -0.3 is 9.29 Å². The fourth-order valence-electron chi connectivity index (χ4n) is 0.776. The summed E-state index contributed by atoms with van der Waals surface area (Å²) >= 11 is 0. The molecular weight excluding hydrogens is 192 g/mol. The molecule has 72 valence electrons. The van der Waals surface area contributed by atoms with E-state index in [2.05, 4.69) is 4.18 Å². The van der Waals surface area contributed by atoms with Gasteiger partial charge in [0.05, 0.1) is 6.61 Å². The van der Waals surface area contributed by atoms with E-state index in [0.29, 0.717) is 0 Å². The Bertz CT molecular complexity index is 344. The van der Waals surface area contributed by atoms with Gasteiger partial charge in [0, 0.05) is 0 Å². The maximum atomic E-state index is 11.0. The van der Waals surface area contributed by atoms with E-state index in [0.717, 1.165) is 0 Å². The van der Waals surface area contributed by atoms with Crippen molar-refractivity contribution in [1.82, 2.24) is 0 Å². The lowest BCUT2D eigenvalue weighted by molar-refractivity contribution is 0.315. The molecular formula is C8H10O4S. The van der Waals surface area contributed by atoms with Crippen LogP contribution < -0.4 is 4.18 Å². The van der Waals surface area contributed by atoms with Crippen molar-refractivity contribution in [1.29, 1.82) is 0 Å². The molecule has 0 saturated heterocycles. The second-order valence-electron chi connectivity index (χ2n) is 2.38. The van der Waals surface area contributed by atoms with Crippen LogP contribution in [0.15, 0.2) is 30.3 Å². The first-order valence-corrected chi connectivity index (χ1v) is 5.30. The van der Waals surface area contributed by atoms with Gasteiger partial charge in [0.15, 0.2) is 0 Å². The van der Waals surface area contributed by atoms with E-state index < -0.39 is 16.7 Å². The van der Waals surface area contributed by atoms with Crippen LogP contribution >= 0.6 is 0 Å². The van der Waals surface area contributed by atoms with Crippen molar-refractivity contribution in [2.24, 2.45) is 0 Å². The molecule has 0 atom stereocenters. The second kappa shape index (κ2) is 4.25. The van der Waals surface area contributed by atoms with Gasteiger partial charge in [-0.25, -0.2) is 0 Å². The Balaban J connectivity index is 2.70. The van der Waals surface area contributed by atoms with Gasteiger partial charge >= 0.3 is 10.1 Å². The number of rotatable bonds is 4. The van der Waals surface area contributed by atoms with Crippen LogP contribution in [0.1, 0.15) is 0 Å². The molecule has 1 rings (SSSR count). The van der Waals surface area contributed by atoms with E-state index in [9.17, 15) is 8.42 Å². The minimum atomic E-state index is -3.63. The number of para-hydroxylation sites is 1. The lowest BCUT2D eigenvalue weighted by atomic mass is 10.3. The number of hydrogen-bond donors (Lipinski definition) is 1. The van der Waals surface area contributed by atoms with Crippen LogP contribution in [0.4, 0.5) is 0 Å². The molecule has 0 aliphatic heterocycles. The van der Waals surface area contributed by atoms with Gasteiger partial charge in [-0.3, -0.25) is 0 Å². The van der Waals surface area contributed by atoms with Crippen molar-refractivity contribution in [3.8, 4) is 5.75 Å². The van der Waals surface area contributed by atoms with E-state index in [4.69, 9.17) is 5.11 Å². The summed E-state index contributed by atoms with van der Waals surface area (Å²) in [6.45, 7) is -0.435. The Kier molecular flexibility index (Phi) is 3.27. The van der Waals surface area contributed by atoms with Crippen molar-refractivity contribution in [2.75, 3.05) is 12.4 Å². The summed E-state index contributed by atoms with van der Waals surface area (Å²) in [6.07, 6.45) is 0. The van der Waals surface area contributed by atoms with Gasteiger partial charge in [-0.15, -0.1) is 0 Å². The molecule has 0 bridgehead atoms. The molecule has 4 nitrogen and oxygen atoms in total. The maximum Gasteiger partial charge on any atom is 0.311 e. The zero-order valence-electron chi connectivity index (χ0n) is 6.88. The fraction of sp³-hybridized carbons (Fsp3) is 0.250. The van der Waals surface area contributed by atoms with Crippen LogP contribution in [0.25, 0.3) is 0 Å². The Morgan fingerprint density at radius 1 is 1.23 bits per heavy atom. The average Bonchev–Trinajstić information content (AvgIpc) is 2.04. The highest BCUT2D eigenvalue weighted by Crippen LogP contribution is 2.11. The van der Waals surface area contributed by atoms with Gasteiger partial charge in [0.2, 0.25) is 0 Å². The van der Waals surface area contributed by atoms with Crippen molar-refractivity contribution in [3.05, 3.63) is 30.3 Å². The Morgan fingerprint density at radius 2 is 1.85 bits per heavy atom. The molecule has 0 heterocycles. The van der Waals surface area contributed by atoms with Crippen LogP contribution in [0, 0.1) is 0 Å². The van der Waals surface area contributed by atoms with Crippen LogP contribution in [-0.2, 0) is 10.1 Å². The van der Waals surface area contributed by atoms with Crippen LogP contribution in [0.3, 0.4) is 0 Å². The normalized spacial score (nSPS) is 11.2. The molecule has 0 unspecified atom stereocenters. The standard InChI is InChI=1S/C8H10O4S/c9-6-7-13(10,11)12-8-4-2-1-3-5-8/h1-5,9H,6-7H2. The zero-order valence-corrected chi connectivity index (χ0v) is 7.70. The molecule has 0 saturated carbocycles. The Labute approximate surface area is 76.9 Å². The number of hydrogen-bond acceptors (Lipinski definition) is 4. The van der Waals surface area contributed by atoms with Crippen LogP contribution in [0.2, 0.25) is 0 Å². The first-order valence-electron chi connectivity index (χ1n) is 3.72. The number of aliphatic hydroxyl groups is 1. The average molecular weight is 202 g/mol. The van der Waals surface area contributed by atoms with Crippen molar-refractivity contribution < 1.29 is 17.7 Å². The first-order chi connectivity index (χ1) is 6.14. The van der Waals surface area contributed by atoms with Crippen molar-refractivity contribution >= 4 is 10.1 Å². The van der Waals surface area contributed by atoms with Crippen LogP contribution in [-0.4, -0.2) is 25.9 Å². The molecule has 13 heavy (non-hydrogen) atoms. The molecule has 0 spiro atoms. The minimum absolute atomic E-state index is 0.260. The first kappa shape index (κ1) is 10.0. The predicted octanol–water partition coefficient (Wildman–Crippen LogP) is 0.388. The quantitative estimate of drug-likeness (QED) is 0.717. The summed E-state index contributed by atoms with van der Waals surface area (Å²) in [6, 6.07) is 8.17. The molecule has 1 aromatic carbocycles. The lowest BCUT2D eigenvalue weighted by Crippen LogP contribution is -2.16. The fourth-order valence-corrected chi connectivity index (χ4v) is 1.49. The van der Waals surface area contributed by atoms with Gasteiger partial charge in [-0.2, -0.15) is 8.42 Å². The molecule has 5 heteroatoms. The summed E-state index contributed by atoms with van der Waals surface area (Å²) in [5, 5.41) is 8.42. The molecule has 0 aromatic heterocycles. The Hall–Kier alpha value is -1.07. The third-order valence-corrected chi connectivity index (χ3v) is 2.44. The summed E-state index contributed by atoms with van der Waals surface area (Å²) in [4.78, 5) is 0. The Morgan fingerprint density at radius 3 is 2.38 bits per heavy atom. The predicted molar refractivity (Wildman–Crippen MR) is 47.9 cm³/mol.